The number of para-hydroxylation sites is 2. The maximum Gasteiger partial charge on any atom is 0.293 e. The Morgan fingerprint density at radius 2 is 1.77 bits per heavy atom. The molecule has 2 N–H and O–H groups in total. The highest BCUT2D eigenvalue weighted by molar-refractivity contribution is 9.10. The molecule has 0 radical (unpaired) electrons. The minimum absolute atomic E-state index is 0.209. The Labute approximate surface area is 196 Å². The van der Waals surface area contributed by atoms with Gasteiger partial charge in [-0.05, 0) is 67.4 Å². The van der Waals surface area contributed by atoms with Crippen LogP contribution in [0.15, 0.2) is 69.6 Å². The average Bonchev–Trinajstić information content (AvgIpc) is 3.26. The molecule has 1 aliphatic heterocycles. The largest absolute Gasteiger partial charge is 0.451 e. The summed E-state index contributed by atoms with van der Waals surface area (Å²) in [5.41, 5.74) is 2.88. The summed E-state index contributed by atoms with van der Waals surface area (Å²) in [5.74, 6) is 1.21. The molecule has 3 aromatic rings. The second kappa shape index (κ2) is 9.66. The predicted molar refractivity (Wildman–Crippen MR) is 133 cm³/mol. The summed E-state index contributed by atoms with van der Waals surface area (Å²) >= 11 is 8.81. The van der Waals surface area contributed by atoms with Crippen molar-refractivity contribution in [1.29, 1.82) is 0 Å². The van der Waals surface area contributed by atoms with Gasteiger partial charge in [-0.2, -0.15) is 0 Å². The molecule has 1 saturated heterocycles. The third-order valence-electron chi connectivity index (χ3n) is 5.46. The number of piperidine rings is 1. The Kier molecular flexibility index (Phi) is 6.73. The van der Waals surface area contributed by atoms with Crippen LogP contribution in [0.4, 0.5) is 11.4 Å². The summed E-state index contributed by atoms with van der Waals surface area (Å²) in [6.07, 6.45) is 2.35. The molecule has 160 valence electrons. The lowest BCUT2D eigenvalue weighted by atomic mass is 9.98. The van der Waals surface area contributed by atoms with Crippen molar-refractivity contribution in [2.75, 3.05) is 23.3 Å². The molecule has 1 fully saturated rings. The van der Waals surface area contributed by atoms with Crippen LogP contribution in [0.3, 0.4) is 0 Å². The van der Waals surface area contributed by atoms with Crippen molar-refractivity contribution >= 4 is 50.5 Å². The van der Waals surface area contributed by atoms with Gasteiger partial charge in [-0.1, -0.05) is 47.1 Å². The SMILES string of the molecule is CC1CCN(c2ccccc2NC(=S)NC(=O)c2ccc(-c3ccc(Br)cc3)o2)CC1. The second-order valence-electron chi connectivity index (χ2n) is 7.77. The molecule has 31 heavy (non-hydrogen) atoms. The summed E-state index contributed by atoms with van der Waals surface area (Å²) in [5, 5.41) is 6.13. The fourth-order valence-electron chi connectivity index (χ4n) is 3.65. The number of nitrogens with zero attached hydrogens (tertiary/aromatic N) is 1. The fourth-order valence-corrected chi connectivity index (χ4v) is 4.12. The highest BCUT2D eigenvalue weighted by atomic mass is 79.9. The smallest absolute Gasteiger partial charge is 0.293 e. The number of anilines is 2. The van der Waals surface area contributed by atoms with Gasteiger partial charge in [0.15, 0.2) is 10.9 Å². The maximum atomic E-state index is 12.6. The zero-order chi connectivity index (χ0) is 21.8. The summed E-state index contributed by atoms with van der Waals surface area (Å²) in [4.78, 5) is 15.0. The van der Waals surface area contributed by atoms with Crippen molar-refractivity contribution in [1.82, 2.24) is 5.32 Å². The third-order valence-corrected chi connectivity index (χ3v) is 6.19. The summed E-state index contributed by atoms with van der Waals surface area (Å²) in [6.45, 7) is 4.33. The van der Waals surface area contributed by atoms with Crippen LogP contribution in [-0.2, 0) is 0 Å². The van der Waals surface area contributed by atoms with E-state index >= 15 is 0 Å². The van der Waals surface area contributed by atoms with Crippen molar-refractivity contribution in [3.05, 3.63) is 70.9 Å². The van der Waals surface area contributed by atoms with Gasteiger partial charge in [-0.3, -0.25) is 10.1 Å². The molecule has 2 heterocycles. The molecule has 0 spiro atoms. The van der Waals surface area contributed by atoms with Gasteiger partial charge in [0.25, 0.3) is 5.91 Å². The highest BCUT2D eigenvalue weighted by Gasteiger charge is 2.19. The minimum Gasteiger partial charge on any atom is -0.451 e. The number of amides is 1. The van der Waals surface area contributed by atoms with Crippen LogP contribution in [0.2, 0.25) is 0 Å². The van der Waals surface area contributed by atoms with Crippen LogP contribution in [-0.4, -0.2) is 24.1 Å². The number of carbonyl (C=O) groups is 1. The lowest BCUT2D eigenvalue weighted by Gasteiger charge is -2.33. The molecule has 1 aliphatic rings. The van der Waals surface area contributed by atoms with Crippen molar-refractivity contribution in [2.24, 2.45) is 5.92 Å². The molecular formula is C24H24BrN3O2S. The third kappa shape index (κ3) is 5.35. The van der Waals surface area contributed by atoms with Gasteiger partial charge in [0.2, 0.25) is 0 Å². The first-order chi connectivity index (χ1) is 15.0. The lowest BCUT2D eigenvalue weighted by molar-refractivity contribution is 0.0951. The van der Waals surface area contributed by atoms with Crippen LogP contribution in [0.1, 0.15) is 30.3 Å². The van der Waals surface area contributed by atoms with Gasteiger partial charge >= 0.3 is 0 Å². The number of hydrogen-bond acceptors (Lipinski definition) is 4. The summed E-state index contributed by atoms with van der Waals surface area (Å²) < 4.78 is 6.71. The van der Waals surface area contributed by atoms with E-state index in [-0.39, 0.29) is 16.8 Å². The number of halogens is 1. The number of furan rings is 1. The fraction of sp³-hybridized carbons (Fsp3) is 0.250. The number of hydrogen-bond donors (Lipinski definition) is 2. The van der Waals surface area contributed by atoms with Crippen molar-refractivity contribution in [3.63, 3.8) is 0 Å². The first-order valence-corrected chi connectivity index (χ1v) is 11.5. The van der Waals surface area contributed by atoms with Crippen LogP contribution >= 0.6 is 28.1 Å². The van der Waals surface area contributed by atoms with Crippen LogP contribution < -0.4 is 15.5 Å². The van der Waals surface area contributed by atoms with E-state index in [2.05, 4.69) is 44.5 Å². The van der Waals surface area contributed by atoms with Crippen molar-refractivity contribution in [2.45, 2.75) is 19.8 Å². The molecule has 1 aromatic heterocycles. The van der Waals surface area contributed by atoms with Crippen LogP contribution in [0.5, 0.6) is 0 Å². The minimum atomic E-state index is -0.384. The maximum absolute atomic E-state index is 12.6. The Hall–Kier alpha value is -2.64. The van der Waals surface area contributed by atoms with E-state index in [0.29, 0.717) is 5.76 Å². The van der Waals surface area contributed by atoms with Gasteiger partial charge in [0.05, 0.1) is 11.4 Å². The zero-order valence-electron chi connectivity index (χ0n) is 17.2. The summed E-state index contributed by atoms with van der Waals surface area (Å²) in [6, 6.07) is 19.2. The molecular weight excluding hydrogens is 474 g/mol. The highest BCUT2D eigenvalue weighted by Crippen LogP contribution is 2.29. The van der Waals surface area contributed by atoms with Gasteiger partial charge in [0, 0.05) is 23.1 Å². The van der Waals surface area contributed by atoms with E-state index in [1.54, 1.807) is 12.1 Å². The Balaban J connectivity index is 1.40. The van der Waals surface area contributed by atoms with E-state index < -0.39 is 0 Å². The Bertz CT molecular complexity index is 1070. The van der Waals surface area contributed by atoms with Crippen LogP contribution in [0, 0.1) is 5.92 Å². The molecule has 0 unspecified atom stereocenters. The Morgan fingerprint density at radius 3 is 2.52 bits per heavy atom. The molecule has 1 amide bonds. The molecule has 0 bridgehead atoms. The molecule has 7 heteroatoms. The van der Waals surface area contributed by atoms with Crippen molar-refractivity contribution in [3.8, 4) is 11.3 Å². The number of rotatable bonds is 4. The monoisotopic (exact) mass is 497 g/mol. The summed E-state index contributed by atoms with van der Waals surface area (Å²) in [7, 11) is 0. The molecule has 0 saturated carbocycles. The van der Waals surface area contributed by atoms with E-state index in [9.17, 15) is 4.79 Å². The zero-order valence-corrected chi connectivity index (χ0v) is 19.6. The first kappa shape index (κ1) is 21.6. The quantitative estimate of drug-likeness (QED) is 0.428. The molecule has 5 nitrogen and oxygen atoms in total. The molecule has 0 aliphatic carbocycles. The van der Waals surface area contributed by atoms with E-state index in [1.165, 1.54) is 12.8 Å². The van der Waals surface area contributed by atoms with Gasteiger partial charge in [-0.25, -0.2) is 0 Å². The number of thiocarbonyl (C=S) groups is 1. The topological polar surface area (TPSA) is 57.5 Å². The molecule has 4 rings (SSSR count). The number of nitrogens with one attached hydrogen (secondary N) is 2. The Morgan fingerprint density at radius 1 is 1.06 bits per heavy atom. The molecule has 0 atom stereocenters. The number of carbonyl (C=O) groups excluding carboxylic acids is 1. The van der Waals surface area contributed by atoms with Gasteiger partial charge in [0.1, 0.15) is 5.76 Å². The normalized spacial score (nSPS) is 14.3. The second-order valence-corrected chi connectivity index (χ2v) is 9.09. The van der Waals surface area contributed by atoms with Crippen LogP contribution in [0.25, 0.3) is 11.3 Å². The van der Waals surface area contributed by atoms with Gasteiger partial charge < -0.3 is 14.6 Å². The van der Waals surface area contributed by atoms with Gasteiger partial charge in [-0.15, -0.1) is 0 Å². The van der Waals surface area contributed by atoms with E-state index in [0.717, 1.165) is 40.4 Å². The standard InChI is InChI=1S/C24H24BrN3O2S/c1-16-12-14-28(15-13-16)20-5-3-2-4-19(20)26-24(31)27-23(29)22-11-10-21(30-22)17-6-8-18(25)9-7-17/h2-11,16H,12-15H2,1H3,(H2,26,27,29,31). The van der Waals surface area contributed by atoms with E-state index in [4.69, 9.17) is 16.6 Å². The first-order valence-electron chi connectivity index (χ1n) is 10.3. The molecule has 2 aromatic carbocycles. The average molecular weight is 498 g/mol. The van der Waals surface area contributed by atoms with E-state index in [1.807, 2.05) is 42.5 Å². The predicted octanol–water partition coefficient (Wildman–Crippen LogP) is 6.07. The lowest BCUT2D eigenvalue weighted by Crippen LogP contribution is -2.36. The number of benzene rings is 2. The van der Waals surface area contributed by atoms with Crippen molar-refractivity contribution < 1.29 is 9.21 Å².